The molecule has 0 fully saturated rings. The van der Waals surface area contributed by atoms with E-state index in [1.807, 2.05) is 60.7 Å². The molecule has 0 N–H and O–H groups in total. The molecular weight excluding hydrogens is 846 g/mol. The number of rotatable bonds is 8. The molecule has 3 aromatic carbocycles. The standard InChI is InChI=1S/C31H25BrI2N2O5S/c1-4-40-30(38)26-17(2)35-31-36(27(26)19-10-11-24(39-3)22(32)13-19)29(37)25(42-31)14-20-12-21(33)15-23(34)28(20)41-16-18-8-6-5-7-9-18/h5-15,27H,4,16H2,1-3H3/b25-14+/t27-/m1/s1. The van der Waals surface area contributed by atoms with Crippen LogP contribution in [-0.2, 0) is 16.1 Å². The molecule has 11 heteroatoms. The van der Waals surface area contributed by atoms with Crippen LogP contribution >= 0.6 is 72.4 Å². The van der Waals surface area contributed by atoms with Gasteiger partial charge < -0.3 is 14.2 Å². The maximum absolute atomic E-state index is 14.1. The Balaban J connectivity index is 1.67. The number of allylic oxidation sites excluding steroid dienone is 1. The largest absolute Gasteiger partial charge is 0.496 e. The fourth-order valence-electron chi connectivity index (χ4n) is 4.67. The summed E-state index contributed by atoms with van der Waals surface area (Å²) in [4.78, 5) is 32.5. The minimum absolute atomic E-state index is 0.204. The molecule has 5 rings (SSSR count). The summed E-state index contributed by atoms with van der Waals surface area (Å²) in [7, 11) is 1.58. The lowest BCUT2D eigenvalue weighted by molar-refractivity contribution is -0.139. The van der Waals surface area contributed by atoms with Crippen LogP contribution < -0.4 is 24.4 Å². The van der Waals surface area contributed by atoms with Crippen molar-refractivity contribution in [3.8, 4) is 11.5 Å². The SMILES string of the molecule is CCOC(=O)C1=C(C)N=c2s/c(=C/c3cc(I)cc(I)c3OCc3ccccc3)c(=O)n2[C@@H]1c1ccc(OC)c(Br)c1. The van der Waals surface area contributed by atoms with Gasteiger partial charge in [-0.2, -0.15) is 0 Å². The number of methoxy groups -OCH3 is 1. The van der Waals surface area contributed by atoms with E-state index in [1.54, 1.807) is 31.6 Å². The normalized spacial score (nSPS) is 14.8. The van der Waals surface area contributed by atoms with Crippen LogP contribution in [0.4, 0.5) is 0 Å². The quantitative estimate of drug-likeness (QED) is 0.152. The predicted molar refractivity (Wildman–Crippen MR) is 184 cm³/mol. The topological polar surface area (TPSA) is 79.1 Å². The molecule has 0 saturated carbocycles. The molecule has 0 aliphatic carbocycles. The van der Waals surface area contributed by atoms with E-state index >= 15 is 0 Å². The lowest BCUT2D eigenvalue weighted by Gasteiger charge is -2.25. The van der Waals surface area contributed by atoms with E-state index in [0.29, 0.717) is 43.2 Å². The number of aromatic nitrogens is 1. The van der Waals surface area contributed by atoms with Gasteiger partial charge in [-0.05, 0) is 116 Å². The van der Waals surface area contributed by atoms with Crippen molar-refractivity contribution < 1.29 is 19.0 Å². The molecule has 0 bridgehead atoms. The molecule has 1 atom stereocenters. The third-order valence-corrected chi connectivity index (χ3v) is 9.59. The minimum atomic E-state index is -0.727. The summed E-state index contributed by atoms with van der Waals surface area (Å²) >= 11 is 9.35. The predicted octanol–water partition coefficient (Wildman–Crippen LogP) is 6.36. The molecule has 0 radical (unpaired) electrons. The number of nitrogens with zero attached hydrogens (tertiary/aromatic N) is 2. The Bertz CT molecular complexity index is 1890. The van der Waals surface area contributed by atoms with Crippen LogP contribution in [0.5, 0.6) is 11.5 Å². The monoisotopic (exact) mass is 870 g/mol. The van der Waals surface area contributed by atoms with Crippen LogP contribution in [0, 0.1) is 7.14 Å². The summed E-state index contributed by atoms with van der Waals surface area (Å²) in [6.07, 6.45) is 1.85. The van der Waals surface area contributed by atoms with E-state index < -0.39 is 12.0 Å². The number of hydrogen-bond donors (Lipinski definition) is 0. The first-order valence-corrected chi connectivity index (χ1v) is 16.7. The van der Waals surface area contributed by atoms with E-state index in [4.69, 9.17) is 14.2 Å². The van der Waals surface area contributed by atoms with Gasteiger partial charge in [-0.25, -0.2) is 9.79 Å². The summed E-state index contributed by atoms with van der Waals surface area (Å²) in [6, 6.07) is 18.8. The van der Waals surface area contributed by atoms with Gasteiger partial charge in [0.2, 0.25) is 0 Å². The average Bonchev–Trinajstić information content (AvgIpc) is 3.26. The molecule has 0 amide bonds. The molecule has 7 nitrogen and oxygen atoms in total. The highest BCUT2D eigenvalue weighted by molar-refractivity contribution is 14.1. The Morgan fingerprint density at radius 2 is 1.90 bits per heavy atom. The molecule has 0 saturated heterocycles. The second-order valence-electron chi connectivity index (χ2n) is 9.28. The Morgan fingerprint density at radius 1 is 1.14 bits per heavy atom. The van der Waals surface area contributed by atoms with Crippen LogP contribution in [0.15, 0.2) is 86.2 Å². The molecule has 42 heavy (non-hydrogen) atoms. The number of fused-ring (bicyclic) bond motifs is 1. The summed E-state index contributed by atoms with van der Waals surface area (Å²) in [5, 5.41) is 0. The van der Waals surface area contributed by atoms with Gasteiger partial charge in [0.15, 0.2) is 4.80 Å². The number of carbonyl (C=O) groups excluding carboxylic acids is 1. The first kappa shape index (κ1) is 31.0. The van der Waals surface area contributed by atoms with Crippen molar-refractivity contribution in [1.82, 2.24) is 4.57 Å². The van der Waals surface area contributed by atoms with Gasteiger partial charge in [-0.15, -0.1) is 0 Å². The smallest absolute Gasteiger partial charge is 0.338 e. The lowest BCUT2D eigenvalue weighted by atomic mass is 9.96. The van der Waals surface area contributed by atoms with Gasteiger partial charge in [0.05, 0.1) is 43.6 Å². The van der Waals surface area contributed by atoms with Crippen molar-refractivity contribution in [3.63, 3.8) is 0 Å². The van der Waals surface area contributed by atoms with Crippen LogP contribution in [-0.4, -0.2) is 24.3 Å². The molecule has 0 spiro atoms. The molecule has 0 unspecified atom stereocenters. The molecule has 4 aromatic rings. The Kier molecular flexibility index (Phi) is 9.90. The zero-order chi connectivity index (χ0) is 30.0. The number of thiazole rings is 1. The van der Waals surface area contributed by atoms with Crippen molar-refractivity contribution in [3.05, 3.63) is 120 Å². The first-order chi connectivity index (χ1) is 20.2. The van der Waals surface area contributed by atoms with Crippen molar-refractivity contribution in [2.24, 2.45) is 4.99 Å². The minimum Gasteiger partial charge on any atom is -0.496 e. The number of hydrogen-bond acceptors (Lipinski definition) is 7. The van der Waals surface area contributed by atoms with E-state index in [2.05, 4.69) is 66.1 Å². The fourth-order valence-corrected chi connectivity index (χ4v) is 8.31. The molecule has 2 heterocycles. The number of ether oxygens (including phenoxy) is 3. The van der Waals surface area contributed by atoms with Gasteiger partial charge in [-0.1, -0.05) is 47.7 Å². The third-order valence-electron chi connectivity index (χ3n) is 6.56. The van der Waals surface area contributed by atoms with Crippen LogP contribution in [0.3, 0.4) is 0 Å². The second-order valence-corrected chi connectivity index (χ2v) is 13.5. The van der Waals surface area contributed by atoms with Crippen LogP contribution in [0.1, 0.15) is 36.6 Å². The Morgan fingerprint density at radius 3 is 2.60 bits per heavy atom. The zero-order valence-corrected chi connectivity index (χ0v) is 29.5. The average molecular weight is 871 g/mol. The highest BCUT2D eigenvalue weighted by Gasteiger charge is 2.33. The fraction of sp³-hybridized carbons (Fsp3) is 0.194. The maximum Gasteiger partial charge on any atom is 0.338 e. The third kappa shape index (κ3) is 6.38. The van der Waals surface area contributed by atoms with Crippen molar-refractivity contribution in [2.75, 3.05) is 13.7 Å². The van der Waals surface area contributed by atoms with Crippen LogP contribution in [0.25, 0.3) is 6.08 Å². The van der Waals surface area contributed by atoms with Crippen molar-refractivity contribution in [1.29, 1.82) is 0 Å². The summed E-state index contributed by atoms with van der Waals surface area (Å²) in [5.74, 6) is 0.833. The first-order valence-electron chi connectivity index (χ1n) is 12.9. The number of benzene rings is 3. The highest BCUT2D eigenvalue weighted by Crippen LogP contribution is 2.35. The number of esters is 1. The molecule has 1 aromatic heterocycles. The van der Waals surface area contributed by atoms with Crippen LogP contribution in [0.2, 0.25) is 0 Å². The van der Waals surface area contributed by atoms with E-state index in [0.717, 1.165) is 23.8 Å². The summed E-state index contributed by atoms with van der Waals surface area (Å²) < 4.78 is 21.8. The van der Waals surface area contributed by atoms with E-state index in [-0.39, 0.29) is 12.2 Å². The van der Waals surface area contributed by atoms with Gasteiger partial charge in [0, 0.05) is 9.13 Å². The van der Waals surface area contributed by atoms with E-state index in [9.17, 15) is 9.59 Å². The molecule has 1 aliphatic rings. The molecule has 1 aliphatic heterocycles. The zero-order valence-electron chi connectivity index (χ0n) is 22.8. The molecule has 216 valence electrons. The Labute approximate surface area is 282 Å². The van der Waals surface area contributed by atoms with Gasteiger partial charge >= 0.3 is 5.97 Å². The van der Waals surface area contributed by atoms with Gasteiger partial charge in [0.1, 0.15) is 18.1 Å². The van der Waals surface area contributed by atoms with Gasteiger partial charge in [0.25, 0.3) is 5.56 Å². The molecular formula is C31H25BrI2N2O5S. The highest BCUT2D eigenvalue weighted by atomic mass is 127. The number of halogens is 3. The van der Waals surface area contributed by atoms with E-state index in [1.165, 1.54) is 11.3 Å². The van der Waals surface area contributed by atoms with Crippen molar-refractivity contribution in [2.45, 2.75) is 26.5 Å². The summed E-state index contributed by atoms with van der Waals surface area (Å²) in [6.45, 7) is 4.12. The maximum atomic E-state index is 14.1. The summed E-state index contributed by atoms with van der Waals surface area (Å²) in [5.41, 5.74) is 3.14. The number of carbonyl (C=O) groups is 1. The lowest BCUT2D eigenvalue weighted by Crippen LogP contribution is -2.40. The van der Waals surface area contributed by atoms with Crippen molar-refractivity contribution >= 4 is 84.5 Å². The Hall–Kier alpha value is -2.49. The second kappa shape index (κ2) is 13.4. The van der Waals surface area contributed by atoms with Gasteiger partial charge in [-0.3, -0.25) is 9.36 Å².